The Labute approximate surface area is 156 Å². The molecular weight excluding hydrogens is 353 g/mol. The van der Waals surface area contributed by atoms with Gasteiger partial charge in [0.25, 0.3) is 0 Å². The Balaban J connectivity index is 1.79. The van der Waals surface area contributed by atoms with Crippen molar-refractivity contribution in [3.8, 4) is 11.4 Å². The van der Waals surface area contributed by atoms with E-state index in [2.05, 4.69) is 40.1 Å². The number of nitrogens with zero attached hydrogens (tertiary/aromatic N) is 3. The number of hydrogen-bond donors (Lipinski definition) is 0. The lowest BCUT2D eigenvalue weighted by Crippen LogP contribution is -2.01. The van der Waals surface area contributed by atoms with E-state index in [0.29, 0.717) is 0 Å². The Morgan fingerprint density at radius 1 is 1.12 bits per heavy atom. The van der Waals surface area contributed by atoms with Crippen molar-refractivity contribution in [3.63, 3.8) is 0 Å². The van der Waals surface area contributed by atoms with E-state index in [0.717, 1.165) is 53.7 Å². The Kier molecular flexibility index (Phi) is 6.26. The summed E-state index contributed by atoms with van der Waals surface area (Å²) in [6.45, 7) is 5.25. The van der Waals surface area contributed by atoms with E-state index in [1.807, 2.05) is 12.1 Å². The van der Waals surface area contributed by atoms with Gasteiger partial charge in [0.2, 0.25) is 0 Å². The van der Waals surface area contributed by atoms with E-state index < -0.39 is 0 Å². The maximum atomic E-state index is 13.0. The Bertz CT molecular complexity index is 808. The van der Waals surface area contributed by atoms with Crippen LogP contribution in [0.4, 0.5) is 4.39 Å². The molecule has 0 spiro atoms. The fraction of sp³-hybridized carbons (Fsp3) is 0.368. The molecule has 3 rings (SSSR count). The van der Waals surface area contributed by atoms with Crippen molar-refractivity contribution in [2.45, 2.75) is 50.6 Å². The third-order valence-electron chi connectivity index (χ3n) is 3.85. The van der Waals surface area contributed by atoms with Crippen LogP contribution >= 0.6 is 23.1 Å². The van der Waals surface area contributed by atoms with Gasteiger partial charge in [-0.3, -0.25) is 0 Å². The van der Waals surface area contributed by atoms with E-state index in [1.165, 1.54) is 17.0 Å². The van der Waals surface area contributed by atoms with Gasteiger partial charge in [-0.15, -0.1) is 21.5 Å². The first kappa shape index (κ1) is 18.1. The summed E-state index contributed by atoms with van der Waals surface area (Å²) in [6.07, 6.45) is 3.29. The van der Waals surface area contributed by atoms with Crippen molar-refractivity contribution in [1.82, 2.24) is 14.8 Å². The monoisotopic (exact) mass is 375 g/mol. The zero-order valence-corrected chi connectivity index (χ0v) is 16.2. The third-order valence-corrected chi connectivity index (χ3v) is 5.89. The molecular formula is C19H22FN3S2. The van der Waals surface area contributed by atoms with Gasteiger partial charge in [-0.2, -0.15) is 0 Å². The predicted molar refractivity (Wildman–Crippen MR) is 104 cm³/mol. The maximum absolute atomic E-state index is 13.0. The van der Waals surface area contributed by atoms with Gasteiger partial charge in [-0.05, 0) is 36.6 Å². The van der Waals surface area contributed by atoms with Crippen molar-refractivity contribution < 1.29 is 4.39 Å². The second-order valence-corrected chi connectivity index (χ2v) is 7.86. The number of hydrogen-bond acceptors (Lipinski definition) is 4. The first-order valence-corrected chi connectivity index (χ1v) is 10.5. The van der Waals surface area contributed by atoms with Crippen molar-refractivity contribution >= 4 is 23.1 Å². The van der Waals surface area contributed by atoms with E-state index in [1.54, 1.807) is 23.1 Å². The molecule has 2 aromatic heterocycles. The van der Waals surface area contributed by atoms with E-state index in [-0.39, 0.29) is 5.82 Å². The van der Waals surface area contributed by atoms with Crippen LogP contribution in [0.25, 0.3) is 11.4 Å². The number of aryl methyl sites for hydroxylation is 1. The molecule has 3 nitrogen and oxygen atoms in total. The van der Waals surface area contributed by atoms with Crippen molar-refractivity contribution in [2.24, 2.45) is 0 Å². The van der Waals surface area contributed by atoms with Crippen LogP contribution in [0.3, 0.4) is 0 Å². The lowest BCUT2D eigenvalue weighted by molar-refractivity contribution is 0.625. The van der Waals surface area contributed by atoms with Crippen LogP contribution in [0.5, 0.6) is 0 Å². The van der Waals surface area contributed by atoms with Crippen molar-refractivity contribution in [1.29, 1.82) is 0 Å². The molecule has 132 valence electrons. The third kappa shape index (κ3) is 4.50. The number of thioether (sulfide) groups is 1. The SMILES string of the molecule is CCCc1cc(-c2nnc(SCc3ccc(F)cc3)n2CCC)cs1. The molecule has 0 saturated carbocycles. The van der Waals surface area contributed by atoms with E-state index in [9.17, 15) is 4.39 Å². The van der Waals surface area contributed by atoms with Crippen LogP contribution in [-0.2, 0) is 18.7 Å². The molecule has 0 amide bonds. The molecule has 0 aliphatic rings. The molecule has 0 bridgehead atoms. The first-order chi connectivity index (χ1) is 12.2. The molecule has 0 atom stereocenters. The van der Waals surface area contributed by atoms with Crippen LogP contribution < -0.4 is 0 Å². The molecule has 3 aromatic rings. The topological polar surface area (TPSA) is 30.7 Å². The van der Waals surface area contributed by atoms with Crippen LogP contribution in [0.15, 0.2) is 40.9 Å². The Hall–Kier alpha value is -1.66. The van der Waals surface area contributed by atoms with Gasteiger partial charge in [0.1, 0.15) is 5.82 Å². The minimum absolute atomic E-state index is 0.203. The highest BCUT2D eigenvalue weighted by molar-refractivity contribution is 7.98. The minimum Gasteiger partial charge on any atom is -0.302 e. The zero-order chi connectivity index (χ0) is 17.6. The molecule has 0 aliphatic carbocycles. The molecule has 0 N–H and O–H groups in total. The molecule has 0 saturated heterocycles. The van der Waals surface area contributed by atoms with E-state index in [4.69, 9.17) is 0 Å². The zero-order valence-electron chi connectivity index (χ0n) is 14.5. The second kappa shape index (κ2) is 8.63. The quantitative estimate of drug-likeness (QED) is 0.466. The highest BCUT2D eigenvalue weighted by Gasteiger charge is 2.15. The molecule has 0 radical (unpaired) electrons. The summed E-state index contributed by atoms with van der Waals surface area (Å²) in [5.74, 6) is 1.50. The number of benzene rings is 1. The number of aromatic nitrogens is 3. The molecule has 0 unspecified atom stereocenters. The van der Waals surface area contributed by atoms with Crippen LogP contribution in [0.1, 0.15) is 37.1 Å². The first-order valence-electron chi connectivity index (χ1n) is 8.59. The smallest absolute Gasteiger partial charge is 0.191 e. The van der Waals surface area contributed by atoms with Crippen molar-refractivity contribution in [2.75, 3.05) is 0 Å². The predicted octanol–water partition coefficient (Wildman–Crippen LogP) is 5.80. The van der Waals surface area contributed by atoms with E-state index >= 15 is 0 Å². The fourth-order valence-electron chi connectivity index (χ4n) is 2.64. The average molecular weight is 376 g/mol. The lowest BCUT2D eigenvalue weighted by Gasteiger charge is -2.08. The standard InChI is InChI=1S/C19H22FN3S2/c1-3-5-17-11-15(13-24-17)18-21-22-19(23(18)10-4-2)25-12-14-6-8-16(20)9-7-14/h6-9,11,13H,3-5,10,12H2,1-2H3. The normalized spacial score (nSPS) is 11.2. The highest BCUT2D eigenvalue weighted by Crippen LogP contribution is 2.30. The number of thiophene rings is 1. The maximum Gasteiger partial charge on any atom is 0.191 e. The number of halogens is 1. The summed E-state index contributed by atoms with van der Waals surface area (Å²) in [5, 5.41) is 11.9. The van der Waals surface area contributed by atoms with Crippen LogP contribution in [-0.4, -0.2) is 14.8 Å². The largest absolute Gasteiger partial charge is 0.302 e. The fourth-order valence-corrected chi connectivity index (χ4v) is 4.53. The lowest BCUT2D eigenvalue weighted by atomic mass is 10.2. The molecule has 1 aromatic carbocycles. The summed E-state index contributed by atoms with van der Waals surface area (Å²) >= 11 is 3.44. The average Bonchev–Trinajstić information content (AvgIpc) is 3.22. The summed E-state index contributed by atoms with van der Waals surface area (Å²) in [6, 6.07) is 8.87. The summed E-state index contributed by atoms with van der Waals surface area (Å²) in [4.78, 5) is 1.39. The summed E-state index contributed by atoms with van der Waals surface area (Å²) in [5.41, 5.74) is 2.24. The van der Waals surface area contributed by atoms with Gasteiger partial charge >= 0.3 is 0 Å². The molecule has 25 heavy (non-hydrogen) atoms. The van der Waals surface area contributed by atoms with Gasteiger partial charge < -0.3 is 4.57 Å². The van der Waals surface area contributed by atoms with Gasteiger partial charge in [0.15, 0.2) is 11.0 Å². The molecule has 0 fully saturated rings. The second-order valence-electron chi connectivity index (χ2n) is 5.92. The highest BCUT2D eigenvalue weighted by atomic mass is 32.2. The van der Waals surface area contributed by atoms with Gasteiger partial charge in [-0.1, -0.05) is 44.2 Å². The van der Waals surface area contributed by atoms with Crippen molar-refractivity contribution in [3.05, 3.63) is 52.0 Å². The number of rotatable bonds is 8. The molecule has 2 heterocycles. The molecule has 6 heteroatoms. The summed E-state index contributed by atoms with van der Waals surface area (Å²) < 4.78 is 15.2. The van der Waals surface area contributed by atoms with Gasteiger partial charge in [0, 0.05) is 28.1 Å². The minimum atomic E-state index is -0.203. The summed E-state index contributed by atoms with van der Waals surface area (Å²) in [7, 11) is 0. The van der Waals surface area contributed by atoms with Gasteiger partial charge in [0.05, 0.1) is 0 Å². The Morgan fingerprint density at radius 3 is 2.64 bits per heavy atom. The Morgan fingerprint density at radius 2 is 1.92 bits per heavy atom. The van der Waals surface area contributed by atoms with Crippen LogP contribution in [0.2, 0.25) is 0 Å². The van der Waals surface area contributed by atoms with Gasteiger partial charge in [-0.25, -0.2) is 4.39 Å². The van der Waals surface area contributed by atoms with Crippen LogP contribution in [0, 0.1) is 5.82 Å². The molecule has 0 aliphatic heterocycles.